The molecule has 0 saturated carbocycles. The second-order valence-corrected chi connectivity index (χ2v) is 2.18. The minimum absolute atomic E-state index is 0.203. The summed E-state index contributed by atoms with van der Waals surface area (Å²) in [6.45, 7) is 0. The molecule has 0 unspecified atom stereocenters. The molecule has 0 saturated heterocycles. The molecule has 0 aromatic carbocycles. The van der Waals surface area contributed by atoms with E-state index in [0.717, 1.165) is 6.26 Å². The molecule has 0 aliphatic rings. The Morgan fingerprint density at radius 3 is 2.00 bits per heavy atom. The largest absolute Gasteiger partial charge is 0.545 e. The van der Waals surface area contributed by atoms with E-state index in [1.165, 1.54) is 0 Å². The number of nitrogens with zero attached hydrogens (tertiary/aromatic N) is 2. The first kappa shape index (κ1) is 9.76. The SMILES string of the molecule is CSN([N+](=O)[S-])C(F)(F)F. The normalized spacial score (nSPS) is 11.2. The number of halogens is 3. The summed E-state index contributed by atoms with van der Waals surface area (Å²) in [5.74, 6) is 0. The zero-order valence-corrected chi connectivity index (χ0v) is 6.39. The van der Waals surface area contributed by atoms with Crippen LogP contribution in [0.2, 0.25) is 0 Å². The van der Waals surface area contributed by atoms with Gasteiger partial charge in [0, 0.05) is 31.8 Å². The molecule has 0 heterocycles. The van der Waals surface area contributed by atoms with E-state index in [0.29, 0.717) is 0 Å². The fourth-order valence-electron chi connectivity index (χ4n) is 0.263. The first-order valence-corrected chi connectivity index (χ1v) is 3.49. The van der Waals surface area contributed by atoms with Crippen molar-refractivity contribution in [2.24, 2.45) is 0 Å². The van der Waals surface area contributed by atoms with E-state index in [4.69, 9.17) is 0 Å². The van der Waals surface area contributed by atoms with Crippen LogP contribution in [0.15, 0.2) is 0 Å². The molecule has 10 heavy (non-hydrogen) atoms. The molecule has 0 fully saturated rings. The molecule has 0 aliphatic carbocycles. The molecule has 0 spiro atoms. The number of hydrogen-bond acceptors (Lipinski definition) is 3. The van der Waals surface area contributed by atoms with E-state index in [2.05, 4.69) is 12.8 Å². The summed E-state index contributed by atoms with van der Waals surface area (Å²) >= 11 is 3.91. The first-order chi connectivity index (χ1) is 4.39. The van der Waals surface area contributed by atoms with Crippen molar-refractivity contribution < 1.29 is 17.4 Å². The highest BCUT2D eigenvalue weighted by Gasteiger charge is 2.44. The molecule has 3 nitrogen and oxygen atoms in total. The Hall–Kier alpha value is -0.240. The number of hydrogen-bond donors (Lipinski definition) is 0. The Labute approximate surface area is 64.8 Å². The van der Waals surface area contributed by atoms with Crippen LogP contribution >= 0.6 is 11.9 Å². The maximum absolute atomic E-state index is 11.6. The van der Waals surface area contributed by atoms with Crippen LogP contribution in [0.3, 0.4) is 0 Å². The van der Waals surface area contributed by atoms with E-state index in [1.54, 1.807) is 0 Å². The summed E-state index contributed by atoms with van der Waals surface area (Å²) in [5.41, 5.74) is 0. The first-order valence-electron chi connectivity index (χ1n) is 1.95. The number of nitroso groups, excluding NO2 is 1. The van der Waals surface area contributed by atoms with Crippen molar-refractivity contribution in [3.63, 3.8) is 0 Å². The second kappa shape index (κ2) is 3.24. The minimum Gasteiger partial charge on any atom is -0.331 e. The molecule has 8 heteroatoms. The van der Waals surface area contributed by atoms with Crippen molar-refractivity contribution in [2.75, 3.05) is 6.26 Å². The lowest BCUT2D eigenvalue weighted by molar-refractivity contribution is -0.592. The summed E-state index contributed by atoms with van der Waals surface area (Å²) in [4.78, 5) is 9.94. The van der Waals surface area contributed by atoms with Gasteiger partial charge in [0.1, 0.15) is 0 Å². The van der Waals surface area contributed by atoms with Gasteiger partial charge >= 0.3 is 6.30 Å². The van der Waals surface area contributed by atoms with Gasteiger partial charge in [-0.25, -0.2) is 0 Å². The van der Waals surface area contributed by atoms with Gasteiger partial charge in [-0.3, -0.25) is 0 Å². The molecule has 0 aromatic rings. The molecule has 0 aromatic heterocycles. The van der Waals surface area contributed by atoms with Crippen LogP contribution in [-0.4, -0.2) is 21.2 Å². The van der Waals surface area contributed by atoms with Crippen molar-refractivity contribution >= 4 is 24.8 Å². The van der Waals surface area contributed by atoms with Crippen LogP contribution in [0.5, 0.6) is 0 Å². The topological polar surface area (TPSA) is 23.3 Å². The molecule has 0 rings (SSSR count). The van der Waals surface area contributed by atoms with Gasteiger partial charge in [0.05, 0.1) is 0 Å². The van der Waals surface area contributed by atoms with Crippen LogP contribution in [0.25, 0.3) is 0 Å². The van der Waals surface area contributed by atoms with Gasteiger partial charge in [-0.05, 0) is 0 Å². The summed E-state index contributed by atoms with van der Waals surface area (Å²) in [5, 5.41) is 0. The number of rotatable bonds is 2. The molecule has 60 valence electrons. The van der Waals surface area contributed by atoms with E-state index < -0.39 is 15.0 Å². The second-order valence-electron chi connectivity index (χ2n) is 1.16. The van der Waals surface area contributed by atoms with Crippen LogP contribution in [0.1, 0.15) is 0 Å². The quantitative estimate of drug-likeness (QED) is 0.216. The lowest BCUT2D eigenvalue weighted by Crippen LogP contribution is -2.36. The predicted octanol–water partition coefficient (Wildman–Crippen LogP) is 1.24. The highest BCUT2D eigenvalue weighted by molar-refractivity contribution is 7.96. The number of hydrazine groups is 1. The molecular formula is C2H3F3N2OS2. The van der Waals surface area contributed by atoms with Crippen LogP contribution < -0.4 is 0 Å². The van der Waals surface area contributed by atoms with Gasteiger partial charge in [-0.1, -0.05) is 0 Å². The Kier molecular flexibility index (Phi) is 3.16. The van der Waals surface area contributed by atoms with E-state index in [1.807, 2.05) is 0 Å². The maximum atomic E-state index is 11.6. The van der Waals surface area contributed by atoms with Gasteiger partial charge in [-0.15, -0.1) is 13.2 Å². The average Bonchev–Trinajstić information content (AvgIpc) is 1.60. The molecule has 0 atom stereocenters. The Balaban J connectivity index is 4.22. The standard InChI is InChI=1S/C2H3F3N2OS2/c1-10-6(7(8)9)2(3,4)5/h1H3. The van der Waals surface area contributed by atoms with E-state index >= 15 is 0 Å². The predicted molar refractivity (Wildman–Crippen MR) is 32.4 cm³/mol. The summed E-state index contributed by atoms with van der Waals surface area (Å²) in [6, 6.07) is 0. The molecule has 0 bridgehead atoms. The molecule has 0 N–H and O–H groups in total. The lowest BCUT2D eigenvalue weighted by Gasteiger charge is -2.14. The van der Waals surface area contributed by atoms with Gasteiger partial charge in [-0.2, -0.15) is 0 Å². The average molecular weight is 192 g/mol. The zero-order chi connectivity index (χ0) is 8.36. The third kappa shape index (κ3) is 2.56. The fraction of sp³-hybridized carbons (Fsp3) is 1.00. The fourth-order valence-corrected chi connectivity index (χ4v) is 0.896. The minimum atomic E-state index is -4.71. The summed E-state index contributed by atoms with van der Waals surface area (Å²) < 4.78 is 33.5. The van der Waals surface area contributed by atoms with Gasteiger partial charge < -0.3 is 12.8 Å². The third-order valence-electron chi connectivity index (χ3n) is 0.538. The highest BCUT2D eigenvalue weighted by Crippen LogP contribution is 2.26. The highest BCUT2D eigenvalue weighted by atomic mass is 32.2. The van der Waals surface area contributed by atoms with Gasteiger partial charge in [0.15, 0.2) is 0 Å². The van der Waals surface area contributed by atoms with Gasteiger partial charge in [0.25, 0.3) is 0 Å². The van der Waals surface area contributed by atoms with E-state index in [9.17, 15) is 18.1 Å². The summed E-state index contributed by atoms with van der Waals surface area (Å²) in [7, 11) is 0. The van der Waals surface area contributed by atoms with Gasteiger partial charge in [0.2, 0.25) is 0 Å². The third-order valence-corrected chi connectivity index (χ3v) is 1.51. The van der Waals surface area contributed by atoms with Crippen LogP contribution in [0.4, 0.5) is 13.2 Å². The van der Waals surface area contributed by atoms with Crippen LogP contribution in [0, 0.1) is 4.91 Å². The van der Waals surface area contributed by atoms with Crippen molar-refractivity contribution in [3.8, 4) is 0 Å². The molecule has 0 amide bonds. The lowest BCUT2D eigenvalue weighted by atomic mass is 11.2. The summed E-state index contributed by atoms with van der Waals surface area (Å²) in [6.07, 6.45) is -3.60. The van der Waals surface area contributed by atoms with Crippen molar-refractivity contribution in [2.45, 2.75) is 6.30 Å². The molecular weight excluding hydrogens is 189 g/mol. The maximum Gasteiger partial charge on any atom is 0.545 e. The molecule has 0 radical (unpaired) electrons. The Morgan fingerprint density at radius 2 is 2.00 bits per heavy atom. The van der Waals surface area contributed by atoms with Crippen molar-refractivity contribution in [1.82, 2.24) is 4.41 Å². The smallest absolute Gasteiger partial charge is 0.331 e. The van der Waals surface area contributed by atoms with Crippen molar-refractivity contribution in [3.05, 3.63) is 4.91 Å². The molecule has 0 aliphatic heterocycles. The Morgan fingerprint density at radius 1 is 1.60 bits per heavy atom. The zero-order valence-electron chi connectivity index (χ0n) is 4.75. The van der Waals surface area contributed by atoms with E-state index in [-0.39, 0.29) is 11.9 Å². The number of alkyl halides is 3. The van der Waals surface area contributed by atoms with Crippen LogP contribution in [-0.2, 0) is 12.8 Å². The van der Waals surface area contributed by atoms with Crippen molar-refractivity contribution in [1.29, 1.82) is 0 Å². The Bertz CT molecular complexity index is 137. The monoisotopic (exact) mass is 192 g/mol.